The third-order valence-corrected chi connectivity index (χ3v) is 3.56. The second-order valence-corrected chi connectivity index (χ2v) is 5.30. The highest BCUT2D eigenvalue weighted by atomic mass is 32.2. The Morgan fingerprint density at radius 2 is 2.05 bits per heavy atom. The molecule has 2 aromatic rings. The van der Waals surface area contributed by atoms with Crippen LogP contribution >= 0.6 is 11.8 Å². The Hall–Kier alpha value is -2.65. The van der Waals surface area contributed by atoms with Crippen molar-refractivity contribution >= 4 is 23.1 Å². The predicted molar refractivity (Wildman–Crippen MR) is 88.1 cm³/mol. The topological polar surface area (TPSA) is 74.5 Å². The van der Waals surface area contributed by atoms with Crippen LogP contribution in [0.25, 0.3) is 0 Å². The molecule has 110 valence electrons. The van der Waals surface area contributed by atoms with Gasteiger partial charge in [-0.1, -0.05) is 48.2 Å². The predicted octanol–water partition coefficient (Wildman–Crippen LogP) is 3.28. The molecule has 0 amide bonds. The number of amidine groups is 1. The third kappa shape index (κ3) is 4.72. The number of nitrogens with zero attached hydrogens (tertiary/aromatic N) is 3. The van der Waals surface area contributed by atoms with Crippen LogP contribution < -0.4 is 5.73 Å². The highest BCUT2D eigenvalue weighted by Crippen LogP contribution is 2.12. The van der Waals surface area contributed by atoms with E-state index in [1.807, 2.05) is 30.3 Å². The fourth-order valence-corrected chi connectivity index (χ4v) is 2.23. The lowest BCUT2D eigenvalue weighted by atomic mass is 10.1. The molecule has 0 spiro atoms. The van der Waals surface area contributed by atoms with Crippen molar-refractivity contribution in [2.45, 2.75) is 5.75 Å². The van der Waals surface area contributed by atoms with Gasteiger partial charge in [-0.05, 0) is 23.3 Å². The fraction of sp³-hybridized carbons (Fsp3) is 0.0625. The summed E-state index contributed by atoms with van der Waals surface area (Å²) in [6.07, 6.45) is 1.43. The van der Waals surface area contributed by atoms with E-state index in [9.17, 15) is 4.39 Å². The van der Waals surface area contributed by atoms with Crippen LogP contribution in [0.1, 0.15) is 16.7 Å². The summed E-state index contributed by atoms with van der Waals surface area (Å²) in [7, 11) is 0. The van der Waals surface area contributed by atoms with E-state index in [0.29, 0.717) is 16.5 Å². The van der Waals surface area contributed by atoms with Gasteiger partial charge in [0.15, 0.2) is 5.17 Å². The molecule has 0 saturated heterocycles. The Kier molecular flexibility index (Phi) is 5.69. The molecule has 2 rings (SSSR count). The van der Waals surface area contributed by atoms with E-state index >= 15 is 0 Å². The molecular weight excluding hydrogens is 299 g/mol. The molecule has 0 radical (unpaired) electrons. The molecule has 0 atom stereocenters. The van der Waals surface area contributed by atoms with Crippen molar-refractivity contribution in [2.75, 3.05) is 0 Å². The zero-order valence-electron chi connectivity index (χ0n) is 11.6. The minimum absolute atomic E-state index is 0.0284. The number of benzene rings is 2. The number of nitrogens with two attached hydrogens (primary N) is 1. The smallest absolute Gasteiger partial charge is 0.180 e. The maximum Gasteiger partial charge on any atom is 0.180 e. The zero-order valence-corrected chi connectivity index (χ0v) is 12.4. The lowest BCUT2D eigenvalue weighted by molar-refractivity contribution is 0.624. The van der Waals surface area contributed by atoms with Gasteiger partial charge < -0.3 is 5.73 Å². The molecule has 0 unspecified atom stereocenters. The minimum atomic E-state index is -0.555. The van der Waals surface area contributed by atoms with Crippen LogP contribution in [0.5, 0.6) is 0 Å². The van der Waals surface area contributed by atoms with Gasteiger partial charge in [-0.25, -0.2) is 4.39 Å². The first kappa shape index (κ1) is 15.7. The molecule has 0 fully saturated rings. The average molecular weight is 312 g/mol. The summed E-state index contributed by atoms with van der Waals surface area (Å²) >= 11 is 1.38. The first-order valence-corrected chi connectivity index (χ1v) is 7.40. The first-order chi connectivity index (χ1) is 10.7. The largest absolute Gasteiger partial charge is 0.377 e. The Labute approximate surface area is 132 Å². The number of nitriles is 1. The molecule has 0 heterocycles. The Morgan fingerprint density at radius 1 is 1.27 bits per heavy atom. The van der Waals surface area contributed by atoms with Crippen molar-refractivity contribution in [2.24, 2.45) is 15.9 Å². The lowest BCUT2D eigenvalue weighted by Crippen LogP contribution is -2.06. The van der Waals surface area contributed by atoms with Crippen molar-refractivity contribution in [3.05, 3.63) is 71.0 Å². The van der Waals surface area contributed by atoms with Gasteiger partial charge in [0.05, 0.1) is 11.8 Å². The molecule has 0 aromatic heterocycles. The summed E-state index contributed by atoms with van der Waals surface area (Å²) in [5, 5.41) is 16.8. The number of hydrogen-bond donors (Lipinski definition) is 1. The van der Waals surface area contributed by atoms with Crippen molar-refractivity contribution in [3.63, 3.8) is 0 Å². The Balaban J connectivity index is 1.94. The van der Waals surface area contributed by atoms with E-state index in [2.05, 4.69) is 10.2 Å². The highest BCUT2D eigenvalue weighted by Gasteiger charge is 2.01. The molecule has 2 aromatic carbocycles. The molecule has 2 N–H and O–H groups in total. The number of halogens is 1. The zero-order chi connectivity index (χ0) is 15.8. The summed E-state index contributed by atoms with van der Waals surface area (Å²) in [4.78, 5) is 0. The first-order valence-electron chi connectivity index (χ1n) is 6.42. The summed E-state index contributed by atoms with van der Waals surface area (Å²) in [6, 6.07) is 15.8. The van der Waals surface area contributed by atoms with Crippen LogP contribution in [0, 0.1) is 17.1 Å². The van der Waals surface area contributed by atoms with Gasteiger partial charge in [-0.3, -0.25) is 0 Å². The maximum atomic E-state index is 13.2. The quantitative estimate of drug-likeness (QED) is 0.535. The molecule has 22 heavy (non-hydrogen) atoms. The van der Waals surface area contributed by atoms with Gasteiger partial charge in [0.2, 0.25) is 0 Å². The van der Waals surface area contributed by atoms with Crippen molar-refractivity contribution in [1.29, 1.82) is 5.26 Å². The number of hydrogen-bond acceptors (Lipinski definition) is 4. The van der Waals surface area contributed by atoms with E-state index in [-0.39, 0.29) is 5.56 Å². The molecule has 4 nitrogen and oxygen atoms in total. The SMILES string of the molecule is N#Cc1cc(C=NN=C(N)SCc2ccccc2)ccc1F. The fourth-order valence-electron chi connectivity index (χ4n) is 1.62. The van der Waals surface area contributed by atoms with Crippen molar-refractivity contribution < 1.29 is 4.39 Å². The van der Waals surface area contributed by atoms with Crippen LogP contribution in [0.4, 0.5) is 4.39 Å². The summed E-state index contributed by atoms with van der Waals surface area (Å²) in [5.74, 6) is 0.155. The molecule has 0 saturated carbocycles. The average Bonchev–Trinajstić information content (AvgIpc) is 2.55. The Morgan fingerprint density at radius 3 is 2.77 bits per heavy atom. The summed E-state index contributed by atoms with van der Waals surface area (Å²) < 4.78 is 13.2. The highest BCUT2D eigenvalue weighted by molar-refractivity contribution is 8.13. The van der Waals surface area contributed by atoms with E-state index in [4.69, 9.17) is 11.0 Å². The minimum Gasteiger partial charge on any atom is -0.377 e. The maximum absolute atomic E-state index is 13.2. The molecule has 0 aliphatic rings. The molecule has 0 bridgehead atoms. The van der Waals surface area contributed by atoms with Crippen LogP contribution in [-0.2, 0) is 5.75 Å². The normalized spacial score (nSPS) is 11.5. The monoisotopic (exact) mass is 312 g/mol. The molecule has 0 aliphatic heterocycles. The van der Waals surface area contributed by atoms with Gasteiger partial charge >= 0.3 is 0 Å². The van der Waals surface area contributed by atoms with E-state index < -0.39 is 5.82 Å². The van der Waals surface area contributed by atoms with Gasteiger partial charge in [0.1, 0.15) is 11.9 Å². The standard InChI is InChI=1S/C16H13FN4S/c17-15-7-6-13(8-14(15)9-18)10-20-21-16(19)22-11-12-4-2-1-3-5-12/h1-8,10H,11H2,(H2,19,21). The van der Waals surface area contributed by atoms with Crippen LogP contribution in [0.15, 0.2) is 58.7 Å². The molecule has 6 heteroatoms. The van der Waals surface area contributed by atoms with Gasteiger partial charge in [-0.2, -0.15) is 10.4 Å². The van der Waals surface area contributed by atoms with E-state index in [1.165, 1.54) is 36.2 Å². The Bertz CT molecular complexity index is 736. The van der Waals surface area contributed by atoms with Crippen LogP contribution in [-0.4, -0.2) is 11.4 Å². The summed E-state index contributed by atoms with van der Waals surface area (Å²) in [5.41, 5.74) is 7.46. The lowest BCUT2D eigenvalue weighted by Gasteiger charge is -1.99. The second-order valence-electron chi connectivity index (χ2n) is 4.31. The van der Waals surface area contributed by atoms with Crippen molar-refractivity contribution in [1.82, 2.24) is 0 Å². The third-order valence-electron chi connectivity index (χ3n) is 2.70. The van der Waals surface area contributed by atoms with Crippen LogP contribution in [0.2, 0.25) is 0 Å². The van der Waals surface area contributed by atoms with E-state index in [1.54, 1.807) is 6.07 Å². The molecular formula is C16H13FN4S. The van der Waals surface area contributed by atoms with Gasteiger partial charge in [0, 0.05) is 5.75 Å². The van der Waals surface area contributed by atoms with Gasteiger partial charge in [0.25, 0.3) is 0 Å². The van der Waals surface area contributed by atoms with Crippen LogP contribution in [0.3, 0.4) is 0 Å². The number of rotatable bonds is 4. The van der Waals surface area contributed by atoms with Crippen molar-refractivity contribution in [3.8, 4) is 6.07 Å². The van der Waals surface area contributed by atoms with Gasteiger partial charge in [-0.15, -0.1) is 5.10 Å². The molecule has 0 aliphatic carbocycles. The number of thioether (sulfide) groups is 1. The van der Waals surface area contributed by atoms with E-state index in [0.717, 1.165) is 5.56 Å². The summed E-state index contributed by atoms with van der Waals surface area (Å²) in [6.45, 7) is 0. The second kappa shape index (κ2) is 7.96.